The molecule has 3 N–H and O–H groups in total. The summed E-state index contributed by atoms with van der Waals surface area (Å²) < 4.78 is 37.8. The van der Waals surface area contributed by atoms with Crippen LogP contribution in [0.2, 0.25) is 0 Å². The standard InChI is InChI=1S/C22H23F3N4O2/c1-4-16(30)21(2,3)14-5-7-15(8-6-14)28-19-18-13(9-10-26-20(18)31)11-17(29-19)27-12-22(23,24)25/h5-11H,4,12H2,1-3H3,(H,26,31)(H2,27,28,29). The molecule has 0 fully saturated rings. The zero-order valence-electron chi connectivity index (χ0n) is 17.4. The van der Waals surface area contributed by atoms with Crippen LogP contribution in [-0.4, -0.2) is 28.5 Å². The third-order valence-electron chi connectivity index (χ3n) is 5.11. The van der Waals surface area contributed by atoms with Gasteiger partial charge in [0.1, 0.15) is 24.0 Å². The Labute approximate surface area is 176 Å². The normalized spacial score (nSPS) is 12.1. The third kappa shape index (κ3) is 5.04. The lowest BCUT2D eigenvalue weighted by Crippen LogP contribution is -2.28. The number of aromatic nitrogens is 2. The minimum absolute atomic E-state index is 0.00998. The van der Waals surface area contributed by atoms with Crippen molar-refractivity contribution in [3.63, 3.8) is 0 Å². The van der Waals surface area contributed by atoms with E-state index in [1.165, 1.54) is 12.3 Å². The van der Waals surface area contributed by atoms with Gasteiger partial charge >= 0.3 is 6.18 Å². The predicted octanol–water partition coefficient (Wildman–Crippen LogP) is 4.90. The number of nitrogens with zero attached hydrogens (tertiary/aromatic N) is 1. The van der Waals surface area contributed by atoms with E-state index < -0.39 is 23.7 Å². The van der Waals surface area contributed by atoms with Crippen LogP contribution >= 0.6 is 0 Å². The summed E-state index contributed by atoms with van der Waals surface area (Å²) in [7, 11) is 0. The zero-order valence-corrected chi connectivity index (χ0v) is 17.4. The van der Waals surface area contributed by atoms with Gasteiger partial charge in [-0.2, -0.15) is 13.2 Å². The summed E-state index contributed by atoms with van der Waals surface area (Å²) in [6, 6.07) is 10.1. The monoisotopic (exact) mass is 432 g/mol. The van der Waals surface area contributed by atoms with E-state index in [-0.39, 0.29) is 22.8 Å². The van der Waals surface area contributed by atoms with E-state index in [9.17, 15) is 22.8 Å². The SMILES string of the molecule is CCC(=O)C(C)(C)c1ccc(Nc2nc(NCC(F)(F)F)cc3cc[nH]c(=O)c23)cc1. The molecule has 0 bridgehead atoms. The number of rotatable bonds is 7. The number of carbonyl (C=O) groups is 1. The molecule has 0 amide bonds. The summed E-state index contributed by atoms with van der Waals surface area (Å²) in [5.41, 5.74) is 0.354. The van der Waals surface area contributed by atoms with Crippen molar-refractivity contribution in [2.45, 2.75) is 38.8 Å². The fourth-order valence-corrected chi connectivity index (χ4v) is 3.30. The van der Waals surface area contributed by atoms with Crippen LogP contribution in [0.5, 0.6) is 0 Å². The first kappa shape index (κ1) is 22.3. The molecule has 164 valence electrons. The Hall–Kier alpha value is -3.36. The number of hydrogen-bond donors (Lipinski definition) is 3. The second-order valence-corrected chi connectivity index (χ2v) is 7.70. The highest BCUT2D eigenvalue weighted by Gasteiger charge is 2.28. The van der Waals surface area contributed by atoms with Crippen molar-refractivity contribution in [2.75, 3.05) is 17.2 Å². The number of ketones is 1. The molecular formula is C22H23F3N4O2. The van der Waals surface area contributed by atoms with Crippen molar-refractivity contribution in [1.82, 2.24) is 9.97 Å². The van der Waals surface area contributed by atoms with Crippen LogP contribution < -0.4 is 16.2 Å². The van der Waals surface area contributed by atoms with Gasteiger partial charge in [-0.05, 0) is 49.1 Å². The number of alkyl halides is 3. The number of benzene rings is 1. The largest absolute Gasteiger partial charge is 0.405 e. The average Bonchev–Trinajstić information content (AvgIpc) is 2.71. The van der Waals surface area contributed by atoms with Gasteiger partial charge in [-0.3, -0.25) is 9.59 Å². The molecule has 2 aromatic heterocycles. The first-order valence-corrected chi connectivity index (χ1v) is 9.75. The molecule has 0 unspecified atom stereocenters. The summed E-state index contributed by atoms with van der Waals surface area (Å²) in [6.07, 6.45) is -2.57. The van der Waals surface area contributed by atoms with Crippen LogP contribution in [-0.2, 0) is 10.2 Å². The van der Waals surface area contributed by atoms with Crippen LogP contribution in [0.1, 0.15) is 32.8 Å². The van der Waals surface area contributed by atoms with Gasteiger partial charge in [0.2, 0.25) is 0 Å². The smallest absolute Gasteiger partial charge is 0.361 e. The van der Waals surface area contributed by atoms with Crippen LogP contribution in [0.15, 0.2) is 47.4 Å². The number of anilines is 3. The fraction of sp³-hybridized carbons (Fsp3) is 0.318. The van der Waals surface area contributed by atoms with Crippen molar-refractivity contribution in [2.24, 2.45) is 0 Å². The highest BCUT2D eigenvalue weighted by atomic mass is 19.4. The van der Waals surface area contributed by atoms with Crippen molar-refractivity contribution < 1.29 is 18.0 Å². The van der Waals surface area contributed by atoms with E-state index in [0.29, 0.717) is 17.5 Å². The van der Waals surface area contributed by atoms with Crippen LogP contribution in [0.25, 0.3) is 10.8 Å². The maximum atomic E-state index is 12.6. The van der Waals surface area contributed by atoms with Crippen LogP contribution in [0, 0.1) is 0 Å². The summed E-state index contributed by atoms with van der Waals surface area (Å²) in [4.78, 5) is 31.3. The molecule has 3 aromatic rings. The number of fused-ring (bicyclic) bond motifs is 1. The first-order chi connectivity index (χ1) is 14.5. The minimum Gasteiger partial charge on any atom is -0.361 e. The van der Waals surface area contributed by atoms with Crippen LogP contribution in [0.3, 0.4) is 0 Å². The molecule has 31 heavy (non-hydrogen) atoms. The highest BCUT2D eigenvalue weighted by Crippen LogP contribution is 2.29. The van der Waals surface area contributed by atoms with Gasteiger partial charge in [-0.15, -0.1) is 0 Å². The molecule has 0 saturated heterocycles. The lowest BCUT2D eigenvalue weighted by molar-refractivity contribution is -0.123. The van der Waals surface area contributed by atoms with Gasteiger partial charge in [-0.25, -0.2) is 4.98 Å². The molecule has 0 saturated carbocycles. The second kappa shape index (κ2) is 8.41. The molecular weight excluding hydrogens is 409 g/mol. The number of nitrogens with one attached hydrogen (secondary N) is 3. The quantitative estimate of drug-likeness (QED) is 0.495. The Kier molecular flexibility index (Phi) is 6.06. The lowest BCUT2D eigenvalue weighted by Gasteiger charge is -2.23. The minimum atomic E-state index is -4.41. The molecule has 0 spiro atoms. The number of hydrogen-bond acceptors (Lipinski definition) is 5. The predicted molar refractivity (Wildman–Crippen MR) is 115 cm³/mol. The van der Waals surface area contributed by atoms with Gasteiger partial charge in [0, 0.05) is 23.7 Å². The van der Waals surface area contributed by atoms with E-state index >= 15 is 0 Å². The van der Waals surface area contributed by atoms with E-state index in [0.717, 1.165) is 5.56 Å². The van der Waals surface area contributed by atoms with Gasteiger partial charge in [0.25, 0.3) is 5.56 Å². The number of H-pyrrole nitrogens is 1. The zero-order chi connectivity index (χ0) is 22.8. The molecule has 6 nitrogen and oxygen atoms in total. The molecule has 2 heterocycles. The molecule has 0 aliphatic heterocycles. The Morgan fingerprint density at radius 2 is 1.81 bits per heavy atom. The summed E-state index contributed by atoms with van der Waals surface area (Å²) >= 11 is 0. The van der Waals surface area contributed by atoms with E-state index in [2.05, 4.69) is 20.6 Å². The van der Waals surface area contributed by atoms with Gasteiger partial charge in [0.05, 0.1) is 5.39 Å². The molecule has 0 atom stereocenters. The summed E-state index contributed by atoms with van der Waals surface area (Å²) in [6.45, 7) is 4.27. The highest BCUT2D eigenvalue weighted by molar-refractivity contribution is 5.94. The fourth-order valence-electron chi connectivity index (χ4n) is 3.30. The number of pyridine rings is 2. The van der Waals surface area contributed by atoms with Crippen molar-refractivity contribution in [3.05, 3.63) is 58.5 Å². The van der Waals surface area contributed by atoms with Gasteiger partial charge in [-0.1, -0.05) is 19.1 Å². The number of carbonyl (C=O) groups excluding carboxylic acids is 1. The summed E-state index contributed by atoms with van der Waals surface area (Å²) in [5.74, 6) is 0.223. The first-order valence-electron chi connectivity index (χ1n) is 9.75. The molecule has 1 aromatic carbocycles. The molecule has 0 aliphatic carbocycles. The van der Waals surface area contributed by atoms with E-state index in [1.54, 1.807) is 30.3 Å². The molecule has 0 aliphatic rings. The maximum absolute atomic E-state index is 12.6. The Bertz CT molecular complexity index is 1150. The van der Waals surface area contributed by atoms with Crippen molar-refractivity contribution in [3.8, 4) is 0 Å². The summed E-state index contributed by atoms with van der Waals surface area (Å²) in [5, 5.41) is 5.92. The Balaban J connectivity index is 1.96. The van der Waals surface area contributed by atoms with Gasteiger partial charge in [0.15, 0.2) is 0 Å². The molecule has 0 radical (unpaired) electrons. The van der Waals surface area contributed by atoms with Crippen molar-refractivity contribution in [1.29, 1.82) is 0 Å². The topological polar surface area (TPSA) is 86.9 Å². The lowest BCUT2D eigenvalue weighted by atomic mass is 9.79. The number of Topliss-reactive ketones (excluding diaryl/α,β-unsaturated/α-hetero) is 1. The maximum Gasteiger partial charge on any atom is 0.405 e. The average molecular weight is 432 g/mol. The Morgan fingerprint density at radius 3 is 2.42 bits per heavy atom. The van der Waals surface area contributed by atoms with Gasteiger partial charge < -0.3 is 15.6 Å². The molecule has 3 rings (SSSR count). The second-order valence-electron chi connectivity index (χ2n) is 7.70. The van der Waals surface area contributed by atoms with Crippen molar-refractivity contribution >= 4 is 33.9 Å². The Morgan fingerprint density at radius 1 is 1.13 bits per heavy atom. The number of halogens is 3. The molecule has 9 heteroatoms. The third-order valence-corrected chi connectivity index (χ3v) is 5.11. The van der Waals surface area contributed by atoms with E-state index in [4.69, 9.17) is 0 Å². The number of aromatic amines is 1. The van der Waals surface area contributed by atoms with Crippen LogP contribution in [0.4, 0.5) is 30.5 Å². The van der Waals surface area contributed by atoms with E-state index in [1.807, 2.05) is 20.8 Å².